The van der Waals surface area contributed by atoms with E-state index in [1.165, 1.54) is 18.6 Å². The molecule has 0 aromatic heterocycles. The molecular weight excluding hydrogens is 203 g/mol. The summed E-state index contributed by atoms with van der Waals surface area (Å²) >= 11 is 0. The maximum Gasteiger partial charge on any atom is 0.123 e. The van der Waals surface area contributed by atoms with Gasteiger partial charge in [0.05, 0.1) is 6.10 Å². The van der Waals surface area contributed by atoms with E-state index < -0.39 is 6.10 Å². The Morgan fingerprint density at radius 3 is 2.62 bits per heavy atom. The van der Waals surface area contributed by atoms with Gasteiger partial charge in [0, 0.05) is 0 Å². The highest BCUT2D eigenvalue weighted by atomic mass is 19.1. The van der Waals surface area contributed by atoms with Crippen molar-refractivity contribution < 1.29 is 9.50 Å². The molecule has 0 saturated heterocycles. The summed E-state index contributed by atoms with van der Waals surface area (Å²) in [5, 5.41) is 10.2. The molecular formula is C14H19FO. The Hall–Kier alpha value is -0.890. The first kappa shape index (κ1) is 11.6. The van der Waals surface area contributed by atoms with Crippen LogP contribution in [0, 0.1) is 24.6 Å². The fourth-order valence-electron chi connectivity index (χ4n) is 2.75. The van der Waals surface area contributed by atoms with Crippen LogP contribution in [0.15, 0.2) is 18.2 Å². The van der Waals surface area contributed by atoms with Crippen LogP contribution in [0.3, 0.4) is 0 Å². The number of hydrogen-bond donors (Lipinski definition) is 1. The highest BCUT2D eigenvalue weighted by Crippen LogP contribution is 2.39. The Kier molecular flexibility index (Phi) is 3.29. The van der Waals surface area contributed by atoms with Gasteiger partial charge < -0.3 is 5.11 Å². The van der Waals surface area contributed by atoms with Gasteiger partial charge in [-0.05, 0) is 54.9 Å². The Balaban J connectivity index is 2.17. The molecule has 1 aromatic rings. The SMILES string of the molecule is Cc1cc(F)cc(C(O)C2CCC(C)C2)c1. The molecule has 1 aliphatic carbocycles. The van der Waals surface area contributed by atoms with Gasteiger partial charge in [0.25, 0.3) is 0 Å². The number of benzene rings is 1. The molecule has 1 N–H and O–H groups in total. The van der Waals surface area contributed by atoms with Crippen LogP contribution in [-0.4, -0.2) is 5.11 Å². The zero-order valence-electron chi connectivity index (χ0n) is 9.91. The van der Waals surface area contributed by atoms with E-state index in [0.717, 1.165) is 24.0 Å². The van der Waals surface area contributed by atoms with Gasteiger partial charge in [0.15, 0.2) is 0 Å². The molecule has 1 nitrogen and oxygen atoms in total. The number of aryl methyl sites for hydroxylation is 1. The quantitative estimate of drug-likeness (QED) is 0.810. The van der Waals surface area contributed by atoms with E-state index in [9.17, 15) is 9.50 Å². The summed E-state index contributed by atoms with van der Waals surface area (Å²) in [4.78, 5) is 0. The fourth-order valence-corrected chi connectivity index (χ4v) is 2.75. The van der Waals surface area contributed by atoms with Crippen LogP contribution >= 0.6 is 0 Å². The predicted molar refractivity (Wildman–Crippen MR) is 62.6 cm³/mol. The van der Waals surface area contributed by atoms with E-state index in [1.54, 1.807) is 0 Å². The third kappa shape index (κ3) is 2.43. The third-order valence-corrected chi connectivity index (χ3v) is 3.59. The Morgan fingerprint density at radius 2 is 2.06 bits per heavy atom. The number of aliphatic hydroxyl groups excluding tert-OH is 1. The summed E-state index contributed by atoms with van der Waals surface area (Å²) < 4.78 is 13.2. The second kappa shape index (κ2) is 4.54. The van der Waals surface area contributed by atoms with E-state index in [-0.39, 0.29) is 5.82 Å². The van der Waals surface area contributed by atoms with E-state index in [0.29, 0.717) is 11.8 Å². The first-order chi connectivity index (χ1) is 7.56. The zero-order valence-corrected chi connectivity index (χ0v) is 9.91. The van der Waals surface area contributed by atoms with Gasteiger partial charge in [0.1, 0.15) is 5.82 Å². The van der Waals surface area contributed by atoms with Gasteiger partial charge in [-0.25, -0.2) is 4.39 Å². The summed E-state index contributed by atoms with van der Waals surface area (Å²) in [5.41, 5.74) is 1.61. The first-order valence-electron chi connectivity index (χ1n) is 6.01. The van der Waals surface area contributed by atoms with Crippen molar-refractivity contribution >= 4 is 0 Å². The van der Waals surface area contributed by atoms with E-state index >= 15 is 0 Å². The number of hydrogen-bond acceptors (Lipinski definition) is 1. The minimum Gasteiger partial charge on any atom is -0.388 e. The summed E-state index contributed by atoms with van der Waals surface area (Å²) in [6.07, 6.45) is 2.78. The van der Waals surface area contributed by atoms with Gasteiger partial charge >= 0.3 is 0 Å². The minimum atomic E-state index is -0.501. The lowest BCUT2D eigenvalue weighted by molar-refractivity contribution is 0.109. The molecule has 0 spiro atoms. The first-order valence-corrected chi connectivity index (χ1v) is 6.01. The van der Waals surface area contributed by atoms with Gasteiger partial charge in [-0.2, -0.15) is 0 Å². The van der Waals surface area contributed by atoms with Crippen molar-refractivity contribution in [1.82, 2.24) is 0 Å². The van der Waals surface area contributed by atoms with Crippen LogP contribution in [0.1, 0.15) is 43.4 Å². The molecule has 1 fully saturated rings. The van der Waals surface area contributed by atoms with Crippen LogP contribution in [0.25, 0.3) is 0 Å². The number of aliphatic hydroxyl groups is 1. The Morgan fingerprint density at radius 1 is 1.31 bits per heavy atom. The predicted octanol–water partition coefficient (Wildman–Crippen LogP) is 3.60. The molecule has 0 aliphatic heterocycles. The number of rotatable bonds is 2. The van der Waals surface area contributed by atoms with Crippen LogP contribution in [0.5, 0.6) is 0 Å². The molecule has 0 amide bonds. The van der Waals surface area contributed by atoms with Crippen LogP contribution in [-0.2, 0) is 0 Å². The maximum absolute atomic E-state index is 13.2. The summed E-state index contributed by atoms with van der Waals surface area (Å²) in [5.74, 6) is 0.741. The minimum absolute atomic E-state index is 0.250. The molecule has 0 heterocycles. The van der Waals surface area contributed by atoms with Crippen molar-refractivity contribution in [2.45, 2.75) is 39.2 Å². The average molecular weight is 222 g/mol. The van der Waals surface area contributed by atoms with Gasteiger partial charge in [-0.3, -0.25) is 0 Å². The van der Waals surface area contributed by atoms with E-state index in [1.807, 2.05) is 13.0 Å². The van der Waals surface area contributed by atoms with Crippen molar-refractivity contribution in [3.8, 4) is 0 Å². The summed E-state index contributed by atoms with van der Waals surface area (Å²) in [6, 6.07) is 4.84. The molecule has 1 saturated carbocycles. The molecule has 16 heavy (non-hydrogen) atoms. The van der Waals surface area contributed by atoms with Crippen molar-refractivity contribution in [2.75, 3.05) is 0 Å². The molecule has 3 atom stereocenters. The molecule has 0 bridgehead atoms. The lowest BCUT2D eigenvalue weighted by Crippen LogP contribution is -2.10. The standard InChI is InChI=1S/C14H19FO/c1-9-3-4-11(5-9)14(16)12-6-10(2)7-13(15)8-12/h6-9,11,14,16H,3-5H2,1-2H3. The maximum atomic E-state index is 13.2. The van der Waals surface area contributed by atoms with Gasteiger partial charge in [0.2, 0.25) is 0 Å². The van der Waals surface area contributed by atoms with Gasteiger partial charge in [-0.15, -0.1) is 0 Å². The van der Waals surface area contributed by atoms with Crippen molar-refractivity contribution in [1.29, 1.82) is 0 Å². The second-order valence-electron chi connectivity index (χ2n) is 5.19. The largest absolute Gasteiger partial charge is 0.388 e. The highest BCUT2D eigenvalue weighted by molar-refractivity contribution is 5.25. The molecule has 88 valence electrons. The average Bonchev–Trinajstić information content (AvgIpc) is 2.62. The molecule has 1 aliphatic rings. The van der Waals surface area contributed by atoms with E-state index in [2.05, 4.69) is 6.92 Å². The molecule has 1 aromatic carbocycles. The van der Waals surface area contributed by atoms with Crippen molar-refractivity contribution in [3.05, 3.63) is 35.1 Å². The molecule has 2 heteroatoms. The molecule has 2 rings (SSSR count). The van der Waals surface area contributed by atoms with Crippen LogP contribution in [0.4, 0.5) is 4.39 Å². The van der Waals surface area contributed by atoms with Crippen molar-refractivity contribution in [3.63, 3.8) is 0 Å². The lowest BCUT2D eigenvalue weighted by Gasteiger charge is -2.19. The van der Waals surface area contributed by atoms with Crippen LogP contribution in [0.2, 0.25) is 0 Å². The lowest BCUT2D eigenvalue weighted by atomic mass is 9.93. The third-order valence-electron chi connectivity index (χ3n) is 3.59. The second-order valence-corrected chi connectivity index (χ2v) is 5.19. The monoisotopic (exact) mass is 222 g/mol. The smallest absolute Gasteiger partial charge is 0.123 e. The van der Waals surface area contributed by atoms with Crippen LogP contribution < -0.4 is 0 Å². The highest BCUT2D eigenvalue weighted by Gasteiger charge is 2.28. The van der Waals surface area contributed by atoms with Crippen molar-refractivity contribution in [2.24, 2.45) is 11.8 Å². The summed E-state index contributed by atoms with van der Waals surface area (Å²) in [6.45, 7) is 4.07. The number of halogens is 1. The molecule has 3 unspecified atom stereocenters. The summed E-state index contributed by atoms with van der Waals surface area (Å²) in [7, 11) is 0. The zero-order chi connectivity index (χ0) is 11.7. The Labute approximate surface area is 96.3 Å². The normalized spacial score (nSPS) is 27.0. The Bertz CT molecular complexity index is 355. The topological polar surface area (TPSA) is 20.2 Å². The fraction of sp³-hybridized carbons (Fsp3) is 0.571. The van der Waals surface area contributed by atoms with E-state index in [4.69, 9.17) is 0 Å². The van der Waals surface area contributed by atoms with Gasteiger partial charge in [-0.1, -0.05) is 19.4 Å². The molecule has 0 radical (unpaired) electrons.